The van der Waals surface area contributed by atoms with Gasteiger partial charge < -0.3 is 41.2 Å². The Labute approximate surface area is 221 Å². The molecule has 6 N–H and O–H groups in total. The van der Waals surface area contributed by atoms with Crippen LogP contribution in [0.4, 0.5) is 21.0 Å². The number of hydrogen-bond donors (Lipinski definition) is 6. The number of aliphatic hydroxyl groups is 1. The number of ether oxygens (including phenoxy) is 2. The molecular formula is C25H35N5O8. The molecule has 0 aliphatic carbocycles. The van der Waals surface area contributed by atoms with Gasteiger partial charge in [-0.05, 0) is 38.8 Å². The van der Waals surface area contributed by atoms with Crippen molar-refractivity contribution >= 4 is 41.3 Å². The first-order valence-electron chi connectivity index (χ1n) is 11.7. The summed E-state index contributed by atoms with van der Waals surface area (Å²) >= 11 is 0. The molecule has 5 amide bonds. The Balaban J connectivity index is 2.72. The number of rotatable bonds is 11. The van der Waals surface area contributed by atoms with E-state index in [2.05, 4.69) is 37.2 Å². The molecule has 0 spiro atoms. The van der Waals surface area contributed by atoms with Gasteiger partial charge in [-0.1, -0.05) is 25.8 Å². The first kappa shape index (κ1) is 31.7. The average molecular weight is 534 g/mol. The van der Waals surface area contributed by atoms with Gasteiger partial charge >= 0.3 is 12.2 Å². The zero-order chi connectivity index (χ0) is 28.9. The van der Waals surface area contributed by atoms with Crippen LogP contribution in [-0.2, 0) is 30.5 Å². The molecule has 0 heterocycles. The minimum atomic E-state index is -0.930. The molecule has 1 rings (SSSR count). The molecule has 1 unspecified atom stereocenters. The Hall–Kier alpha value is -4.31. The molecule has 0 aliphatic heterocycles. The highest BCUT2D eigenvalue weighted by Crippen LogP contribution is 2.21. The molecule has 0 bridgehead atoms. The fourth-order valence-electron chi connectivity index (χ4n) is 2.87. The molecule has 1 atom stereocenters. The van der Waals surface area contributed by atoms with Gasteiger partial charge in [-0.15, -0.1) is 6.42 Å². The third kappa shape index (κ3) is 12.1. The highest BCUT2D eigenvalue weighted by atomic mass is 16.6. The van der Waals surface area contributed by atoms with Gasteiger partial charge in [0.25, 0.3) is 0 Å². The number of hydrogen-bond acceptors (Lipinski definition) is 8. The van der Waals surface area contributed by atoms with Gasteiger partial charge in [-0.3, -0.25) is 14.4 Å². The van der Waals surface area contributed by atoms with Crippen LogP contribution in [0.25, 0.3) is 0 Å². The molecule has 0 radical (unpaired) electrons. The van der Waals surface area contributed by atoms with Crippen LogP contribution in [0.2, 0.25) is 0 Å². The summed E-state index contributed by atoms with van der Waals surface area (Å²) in [6.07, 6.45) is 3.36. The summed E-state index contributed by atoms with van der Waals surface area (Å²) in [5, 5.41) is 21.8. The van der Waals surface area contributed by atoms with Crippen LogP contribution in [0.5, 0.6) is 0 Å². The molecule has 208 valence electrons. The van der Waals surface area contributed by atoms with Crippen LogP contribution in [0.15, 0.2) is 18.2 Å². The topological polar surface area (TPSA) is 184 Å². The lowest BCUT2D eigenvalue weighted by Gasteiger charge is -2.25. The normalized spacial score (nSPS) is 11.4. The lowest BCUT2D eigenvalue weighted by molar-refractivity contribution is -0.126. The second kappa shape index (κ2) is 15.1. The van der Waals surface area contributed by atoms with E-state index in [-0.39, 0.29) is 23.9 Å². The molecule has 0 saturated heterocycles. The number of terminal acetylenes is 1. The van der Waals surface area contributed by atoms with Gasteiger partial charge in [0.15, 0.2) is 6.61 Å². The highest BCUT2D eigenvalue weighted by molar-refractivity contribution is 5.98. The van der Waals surface area contributed by atoms with E-state index in [1.165, 1.54) is 18.2 Å². The number of anilines is 2. The van der Waals surface area contributed by atoms with E-state index in [9.17, 15) is 29.1 Å². The molecule has 0 aliphatic rings. The summed E-state index contributed by atoms with van der Waals surface area (Å²) in [7, 11) is 0. The van der Waals surface area contributed by atoms with Crippen molar-refractivity contribution in [1.82, 2.24) is 16.0 Å². The fourth-order valence-corrected chi connectivity index (χ4v) is 2.87. The van der Waals surface area contributed by atoms with Crippen LogP contribution in [0, 0.1) is 18.3 Å². The second-order valence-electron chi connectivity index (χ2n) is 9.35. The highest BCUT2D eigenvalue weighted by Gasteiger charge is 2.27. The van der Waals surface area contributed by atoms with Crippen LogP contribution in [0.3, 0.4) is 0 Å². The van der Waals surface area contributed by atoms with Crippen molar-refractivity contribution in [1.29, 1.82) is 0 Å². The average Bonchev–Trinajstić information content (AvgIpc) is 2.82. The van der Waals surface area contributed by atoms with Crippen LogP contribution in [-0.4, -0.2) is 66.4 Å². The number of aliphatic hydroxyl groups excluding tert-OH is 1. The molecule has 0 aromatic heterocycles. The molecule has 13 heteroatoms. The zero-order valence-corrected chi connectivity index (χ0v) is 22.1. The van der Waals surface area contributed by atoms with Gasteiger partial charge in [0.1, 0.15) is 18.2 Å². The van der Waals surface area contributed by atoms with Gasteiger partial charge in [-0.25, -0.2) is 9.59 Å². The largest absolute Gasteiger partial charge is 0.444 e. The molecule has 1 aromatic rings. The third-order valence-electron chi connectivity index (χ3n) is 4.56. The van der Waals surface area contributed by atoms with E-state index in [4.69, 9.17) is 11.2 Å². The molecule has 1 aromatic carbocycles. The van der Waals surface area contributed by atoms with E-state index in [0.717, 1.165) is 0 Å². The standard InChI is InChI=1S/C25H35N5O8/c1-7-10-37-23(35)27-13-20(33)29-18-11-17(9-8-16(18)14-31)28-19(32)12-26-22(34)21(15(2)3)30-24(36)38-25(4,5)6/h1,8-9,11,15,21,31H,10,12-14H2,2-6H3,(H,26,34)(H,27,35)(H,28,32)(H,29,33)(H,30,36). The van der Waals surface area contributed by atoms with E-state index in [1.807, 2.05) is 0 Å². The summed E-state index contributed by atoms with van der Waals surface area (Å²) in [6.45, 7) is 7.08. The summed E-state index contributed by atoms with van der Waals surface area (Å²) in [5.74, 6) is 0.0610. The first-order chi connectivity index (χ1) is 17.7. The van der Waals surface area contributed by atoms with E-state index in [1.54, 1.807) is 34.6 Å². The molecule has 38 heavy (non-hydrogen) atoms. The maximum Gasteiger partial charge on any atom is 0.408 e. The number of nitrogens with one attached hydrogen (secondary N) is 5. The number of amides is 5. The maximum absolute atomic E-state index is 12.6. The van der Waals surface area contributed by atoms with Crippen molar-refractivity contribution < 1.29 is 38.6 Å². The monoisotopic (exact) mass is 533 g/mol. The van der Waals surface area contributed by atoms with Gasteiger partial charge in [0, 0.05) is 16.9 Å². The van der Waals surface area contributed by atoms with Crippen molar-refractivity contribution in [3.63, 3.8) is 0 Å². The predicted molar refractivity (Wildman–Crippen MR) is 139 cm³/mol. The first-order valence-corrected chi connectivity index (χ1v) is 11.7. The SMILES string of the molecule is C#CCOC(=O)NCC(=O)Nc1cc(NC(=O)CNC(=O)C(NC(=O)OC(C)(C)C)C(C)C)ccc1CO. The fraction of sp³-hybridized carbons (Fsp3) is 0.480. The van der Waals surface area contributed by atoms with E-state index >= 15 is 0 Å². The van der Waals surface area contributed by atoms with Crippen molar-refractivity contribution in [2.75, 3.05) is 30.3 Å². The van der Waals surface area contributed by atoms with Crippen LogP contribution in [0.1, 0.15) is 40.2 Å². The quantitative estimate of drug-likeness (QED) is 0.228. The smallest absolute Gasteiger partial charge is 0.408 e. The number of carbonyl (C=O) groups is 5. The molecular weight excluding hydrogens is 498 g/mol. The van der Waals surface area contributed by atoms with Crippen molar-refractivity contribution in [2.24, 2.45) is 5.92 Å². The molecule has 13 nitrogen and oxygen atoms in total. The summed E-state index contributed by atoms with van der Waals surface area (Å²) in [5.41, 5.74) is 0.0775. The van der Waals surface area contributed by atoms with Crippen molar-refractivity contribution in [2.45, 2.75) is 52.9 Å². The predicted octanol–water partition coefficient (Wildman–Crippen LogP) is 1.08. The Kier molecular flexibility index (Phi) is 12.6. The summed E-state index contributed by atoms with van der Waals surface area (Å²) in [6, 6.07) is 3.46. The van der Waals surface area contributed by atoms with Crippen LogP contribution >= 0.6 is 0 Å². The Morgan fingerprint density at radius 1 is 1.00 bits per heavy atom. The minimum Gasteiger partial charge on any atom is -0.444 e. The van der Waals surface area contributed by atoms with Gasteiger partial charge in [0.05, 0.1) is 13.2 Å². The van der Waals surface area contributed by atoms with Crippen molar-refractivity contribution in [3.05, 3.63) is 23.8 Å². The molecule has 0 fully saturated rings. The third-order valence-corrected chi connectivity index (χ3v) is 4.56. The molecule has 0 saturated carbocycles. The van der Waals surface area contributed by atoms with Gasteiger partial charge in [0.2, 0.25) is 17.7 Å². The van der Waals surface area contributed by atoms with Gasteiger partial charge in [-0.2, -0.15) is 0 Å². The summed E-state index contributed by atoms with van der Waals surface area (Å²) in [4.78, 5) is 60.6. The minimum absolute atomic E-state index is 0.194. The lowest BCUT2D eigenvalue weighted by Crippen LogP contribution is -2.52. The lowest BCUT2D eigenvalue weighted by atomic mass is 10.0. The second-order valence-corrected chi connectivity index (χ2v) is 9.35. The van der Waals surface area contributed by atoms with Crippen LogP contribution < -0.4 is 26.6 Å². The number of carbonyl (C=O) groups excluding carboxylic acids is 5. The maximum atomic E-state index is 12.6. The summed E-state index contributed by atoms with van der Waals surface area (Å²) < 4.78 is 9.78. The Morgan fingerprint density at radius 2 is 1.63 bits per heavy atom. The Bertz CT molecular complexity index is 1060. The Morgan fingerprint density at radius 3 is 2.21 bits per heavy atom. The number of benzene rings is 1. The van der Waals surface area contributed by atoms with Crippen molar-refractivity contribution in [3.8, 4) is 12.3 Å². The zero-order valence-electron chi connectivity index (χ0n) is 22.1. The number of alkyl carbamates (subject to hydrolysis) is 2. The van der Waals surface area contributed by atoms with E-state index < -0.39 is 61.2 Å². The van der Waals surface area contributed by atoms with E-state index in [0.29, 0.717) is 5.56 Å².